The van der Waals surface area contributed by atoms with Crippen LogP contribution in [0.3, 0.4) is 0 Å². The van der Waals surface area contributed by atoms with Crippen LogP contribution in [0.15, 0.2) is 44.4 Å². The normalized spacial score (nSPS) is 17.9. The predicted molar refractivity (Wildman–Crippen MR) is 120 cm³/mol. The number of piperidine rings is 1. The summed E-state index contributed by atoms with van der Waals surface area (Å²) < 4.78 is 4.94. The fourth-order valence-corrected chi connectivity index (χ4v) is 6.53. The summed E-state index contributed by atoms with van der Waals surface area (Å²) in [6.45, 7) is 4.47. The van der Waals surface area contributed by atoms with Gasteiger partial charge in [-0.1, -0.05) is 28.1 Å². The summed E-state index contributed by atoms with van der Waals surface area (Å²) in [5, 5.41) is 11.4. The highest BCUT2D eigenvalue weighted by Crippen LogP contribution is 2.39. The molecule has 3 aromatic rings. The topological polar surface area (TPSA) is 34.0 Å². The first kappa shape index (κ1) is 18.9. The van der Waals surface area contributed by atoms with Crippen molar-refractivity contribution in [2.45, 2.75) is 35.9 Å². The maximum Gasteiger partial charge on any atom is 0.165 e. The molecule has 0 spiro atoms. The molecule has 0 bridgehead atoms. The Balaban J connectivity index is 1.23. The number of benzene rings is 1. The van der Waals surface area contributed by atoms with Gasteiger partial charge in [0.1, 0.15) is 5.82 Å². The van der Waals surface area contributed by atoms with Crippen LogP contribution in [0.5, 0.6) is 0 Å². The molecule has 0 saturated carbocycles. The highest BCUT2D eigenvalue weighted by Gasteiger charge is 2.28. The highest BCUT2D eigenvalue weighted by molar-refractivity contribution is 9.10. The van der Waals surface area contributed by atoms with Crippen molar-refractivity contribution in [1.29, 1.82) is 0 Å². The van der Waals surface area contributed by atoms with E-state index in [4.69, 9.17) is 0 Å². The third-order valence-corrected chi connectivity index (χ3v) is 8.53. The van der Waals surface area contributed by atoms with E-state index in [0.29, 0.717) is 5.92 Å². The second-order valence-electron chi connectivity index (χ2n) is 7.50. The van der Waals surface area contributed by atoms with Crippen LogP contribution in [0.4, 0.5) is 0 Å². The summed E-state index contributed by atoms with van der Waals surface area (Å²) in [5.74, 6) is 3.93. The second-order valence-corrected chi connectivity index (χ2v) is 10.7. The average molecular weight is 475 g/mol. The molecule has 2 aliphatic heterocycles. The molecular weight excluding hydrogens is 452 g/mol. The molecule has 7 heteroatoms. The Morgan fingerprint density at radius 3 is 2.68 bits per heavy atom. The van der Waals surface area contributed by atoms with Crippen LogP contribution >= 0.6 is 39.0 Å². The molecule has 146 valence electrons. The average Bonchev–Trinajstić information content (AvgIpc) is 3.32. The highest BCUT2D eigenvalue weighted by atomic mass is 79.9. The molecule has 28 heavy (non-hydrogen) atoms. The number of nitrogens with zero attached hydrogens (tertiary/aromatic N) is 4. The largest absolute Gasteiger partial charge is 0.310 e. The third-order valence-electron chi connectivity index (χ3n) is 5.78. The smallest absolute Gasteiger partial charge is 0.165 e. The Bertz CT molecular complexity index is 942. The van der Waals surface area contributed by atoms with E-state index in [1.165, 1.54) is 34.0 Å². The van der Waals surface area contributed by atoms with Gasteiger partial charge < -0.3 is 9.47 Å². The number of aromatic nitrogens is 3. The lowest BCUT2D eigenvalue weighted by Crippen LogP contribution is -2.35. The van der Waals surface area contributed by atoms with Crippen LogP contribution in [0, 0.1) is 0 Å². The van der Waals surface area contributed by atoms with E-state index in [-0.39, 0.29) is 0 Å². The standard InChI is InChI=1S/C21H23BrN4S2/c22-17-3-1-15(2-4-17)5-9-25-10-6-16(7-11-25)19-23-24-20-18-8-13-27-21(18)28-14-12-26(19)20/h1-4,8,13,16H,5-7,9-12,14H2. The van der Waals surface area contributed by atoms with E-state index < -0.39 is 0 Å². The fraction of sp³-hybridized carbons (Fsp3) is 0.429. The Labute approximate surface area is 182 Å². The number of hydrogen-bond donors (Lipinski definition) is 0. The van der Waals surface area contributed by atoms with E-state index in [1.54, 1.807) is 0 Å². The molecule has 5 rings (SSSR count). The van der Waals surface area contributed by atoms with Crippen molar-refractivity contribution in [3.05, 3.63) is 51.6 Å². The Kier molecular flexibility index (Phi) is 5.59. The molecule has 2 aliphatic rings. The van der Waals surface area contributed by atoms with Crippen molar-refractivity contribution in [3.63, 3.8) is 0 Å². The number of fused-ring (bicyclic) bond motifs is 3. The van der Waals surface area contributed by atoms with Gasteiger partial charge in [0.25, 0.3) is 0 Å². The van der Waals surface area contributed by atoms with Gasteiger partial charge in [0.2, 0.25) is 0 Å². The van der Waals surface area contributed by atoms with Gasteiger partial charge in [-0.2, -0.15) is 0 Å². The van der Waals surface area contributed by atoms with Crippen LogP contribution in [-0.2, 0) is 13.0 Å². The molecular formula is C21H23BrN4S2. The number of thioether (sulfide) groups is 1. The fourth-order valence-electron chi connectivity index (χ4n) is 4.19. The maximum atomic E-state index is 4.65. The molecule has 0 atom stereocenters. The van der Waals surface area contributed by atoms with Crippen LogP contribution in [-0.4, -0.2) is 45.1 Å². The van der Waals surface area contributed by atoms with Crippen molar-refractivity contribution >= 4 is 39.0 Å². The summed E-state index contributed by atoms with van der Waals surface area (Å²) in [6, 6.07) is 10.9. The van der Waals surface area contributed by atoms with Crippen molar-refractivity contribution < 1.29 is 0 Å². The van der Waals surface area contributed by atoms with Crippen molar-refractivity contribution in [2.24, 2.45) is 0 Å². The zero-order valence-corrected chi connectivity index (χ0v) is 18.9. The zero-order valence-electron chi connectivity index (χ0n) is 15.7. The quantitative estimate of drug-likeness (QED) is 0.513. The van der Waals surface area contributed by atoms with Crippen LogP contribution < -0.4 is 0 Å². The van der Waals surface area contributed by atoms with E-state index in [9.17, 15) is 0 Å². The minimum absolute atomic E-state index is 0.537. The predicted octanol–water partition coefficient (Wildman–Crippen LogP) is 5.30. The van der Waals surface area contributed by atoms with Crippen molar-refractivity contribution in [2.75, 3.05) is 25.4 Å². The molecule has 0 amide bonds. The Morgan fingerprint density at radius 1 is 1.04 bits per heavy atom. The van der Waals surface area contributed by atoms with Gasteiger partial charge in [0.05, 0.1) is 4.21 Å². The minimum atomic E-state index is 0.537. The van der Waals surface area contributed by atoms with Gasteiger partial charge in [-0.3, -0.25) is 0 Å². The number of likely N-dealkylation sites (tertiary alicyclic amines) is 1. The molecule has 1 fully saturated rings. The van der Waals surface area contributed by atoms with Gasteiger partial charge in [-0.05, 0) is 61.5 Å². The van der Waals surface area contributed by atoms with E-state index >= 15 is 0 Å². The zero-order chi connectivity index (χ0) is 18.9. The van der Waals surface area contributed by atoms with Crippen LogP contribution in [0.1, 0.15) is 30.1 Å². The Hall–Kier alpha value is -1.15. The molecule has 0 unspecified atom stereocenters. The summed E-state index contributed by atoms with van der Waals surface area (Å²) in [7, 11) is 0. The molecule has 0 aliphatic carbocycles. The number of halogens is 1. The van der Waals surface area contributed by atoms with Gasteiger partial charge in [-0.15, -0.1) is 33.3 Å². The van der Waals surface area contributed by atoms with E-state index in [0.717, 1.165) is 48.6 Å². The molecule has 4 heterocycles. The summed E-state index contributed by atoms with van der Waals surface area (Å²) in [6.07, 6.45) is 3.49. The lowest BCUT2D eigenvalue weighted by Gasteiger charge is -2.31. The lowest BCUT2D eigenvalue weighted by molar-refractivity contribution is 0.210. The summed E-state index contributed by atoms with van der Waals surface area (Å²) in [4.78, 5) is 2.60. The van der Waals surface area contributed by atoms with E-state index in [2.05, 4.69) is 71.3 Å². The first-order valence-corrected chi connectivity index (χ1v) is 12.5. The van der Waals surface area contributed by atoms with Gasteiger partial charge in [0, 0.05) is 34.8 Å². The number of rotatable bonds is 4. The minimum Gasteiger partial charge on any atom is -0.310 e. The number of thiophene rings is 1. The monoisotopic (exact) mass is 474 g/mol. The lowest BCUT2D eigenvalue weighted by atomic mass is 9.95. The van der Waals surface area contributed by atoms with Crippen LogP contribution in [0.25, 0.3) is 11.4 Å². The molecule has 2 aromatic heterocycles. The summed E-state index contributed by atoms with van der Waals surface area (Å²) >= 11 is 7.29. The molecule has 0 radical (unpaired) electrons. The second kappa shape index (κ2) is 8.30. The Morgan fingerprint density at radius 2 is 1.86 bits per heavy atom. The SMILES string of the molecule is Brc1ccc(CCN2CCC(c3nnc4n3CCSc3sccc3-4)CC2)cc1. The van der Waals surface area contributed by atoms with Gasteiger partial charge >= 0.3 is 0 Å². The van der Waals surface area contributed by atoms with Crippen molar-refractivity contribution in [1.82, 2.24) is 19.7 Å². The van der Waals surface area contributed by atoms with E-state index in [1.807, 2.05) is 23.1 Å². The molecule has 1 saturated heterocycles. The maximum absolute atomic E-state index is 4.65. The molecule has 1 aromatic carbocycles. The van der Waals surface area contributed by atoms with Gasteiger partial charge in [-0.25, -0.2) is 0 Å². The molecule has 4 nitrogen and oxygen atoms in total. The third kappa shape index (κ3) is 3.82. The first-order chi connectivity index (χ1) is 13.8. The first-order valence-electron chi connectivity index (χ1n) is 9.88. The summed E-state index contributed by atoms with van der Waals surface area (Å²) in [5.41, 5.74) is 2.69. The molecule has 0 N–H and O–H groups in total. The number of hydrogen-bond acceptors (Lipinski definition) is 5. The van der Waals surface area contributed by atoms with Crippen molar-refractivity contribution in [3.8, 4) is 11.4 Å². The van der Waals surface area contributed by atoms with Crippen LogP contribution in [0.2, 0.25) is 0 Å². The van der Waals surface area contributed by atoms with Gasteiger partial charge in [0.15, 0.2) is 5.82 Å².